The number of aromatic nitrogens is 4. The number of rotatable bonds is 1. The summed E-state index contributed by atoms with van der Waals surface area (Å²) in [7, 11) is 0. The van der Waals surface area contributed by atoms with Gasteiger partial charge in [-0.2, -0.15) is 0 Å². The summed E-state index contributed by atoms with van der Waals surface area (Å²) in [5, 5.41) is 4.65. The third kappa shape index (κ3) is 2.17. The molecule has 0 atom stereocenters. The molecule has 4 aromatic carbocycles. The van der Waals surface area contributed by atoms with E-state index >= 15 is 0 Å². The Labute approximate surface area is 194 Å². The van der Waals surface area contributed by atoms with Gasteiger partial charge in [-0.15, -0.1) is 0 Å². The molecule has 0 aliphatic heterocycles. The van der Waals surface area contributed by atoms with Gasteiger partial charge in [-0.3, -0.25) is 9.38 Å². The van der Waals surface area contributed by atoms with Crippen molar-refractivity contribution in [1.29, 1.82) is 0 Å². The molecule has 0 fully saturated rings. The average Bonchev–Trinajstić information content (AvgIpc) is 3.46. The fraction of sp³-hybridized carbons (Fsp3) is 0. The predicted molar refractivity (Wildman–Crippen MR) is 140 cm³/mol. The van der Waals surface area contributed by atoms with E-state index in [1.54, 1.807) is 0 Å². The number of benzene rings is 4. The van der Waals surface area contributed by atoms with E-state index in [0.717, 1.165) is 44.2 Å². The molecule has 8 aromatic rings. The molecule has 34 heavy (non-hydrogen) atoms. The van der Waals surface area contributed by atoms with Gasteiger partial charge in [0.2, 0.25) is 0 Å². The quantitative estimate of drug-likeness (QED) is 0.254. The van der Waals surface area contributed by atoms with Gasteiger partial charge >= 0.3 is 0 Å². The molecule has 4 heteroatoms. The van der Waals surface area contributed by atoms with Crippen molar-refractivity contribution in [2.24, 2.45) is 0 Å². The highest BCUT2D eigenvalue weighted by atomic mass is 15.1. The van der Waals surface area contributed by atoms with Gasteiger partial charge in [0.15, 0.2) is 0 Å². The van der Waals surface area contributed by atoms with Gasteiger partial charge in [-0.25, -0.2) is 4.98 Å². The zero-order valence-electron chi connectivity index (χ0n) is 18.2. The molecule has 0 N–H and O–H groups in total. The molecule has 0 unspecified atom stereocenters. The van der Waals surface area contributed by atoms with E-state index in [2.05, 4.69) is 100.0 Å². The molecule has 0 bridgehead atoms. The predicted octanol–water partition coefficient (Wildman–Crippen LogP) is 7.29. The first kappa shape index (κ1) is 17.8. The maximum atomic E-state index is 5.07. The Balaban J connectivity index is 1.78. The maximum Gasteiger partial charge on any atom is 0.148 e. The molecule has 0 saturated carbocycles. The maximum absolute atomic E-state index is 5.07. The second-order valence-electron chi connectivity index (χ2n) is 8.71. The fourth-order valence-corrected chi connectivity index (χ4v) is 5.54. The van der Waals surface area contributed by atoms with Crippen LogP contribution in [0.25, 0.3) is 66.0 Å². The number of fused-ring (bicyclic) bond motifs is 12. The second kappa shape index (κ2) is 6.42. The largest absolute Gasteiger partial charge is 0.307 e. The lowest BCUT2D eigenvalue weighted by molar-refractivity contribution is 1.18. The Kier molecular flexibility index (Phi) is 3.36. The zero-order chi connectivity index (χ0) is 22.2. The third-order valence-corrected chi connectivity index (χ3v) is 6.91. The van der Waals surface area contributed by atoms with Crippen LogP contribution in [0.4, 0.5) is 0 Å². The Morgan fingerprint density at radius 2 is 1.26 bits per heavy atom. The first-order valence-corrected chi connectivity index (χ1v) is 11.5. The number of hydrogen-bond donors (Lipinski definition) is 0. The lowest BCUT2D eigenvalue weighted by Gasteiger charge is -2.13. The van der Waals surface area contributed by atoms with Crippen molar-refractivity contribution in [2.45, 2.75) is 0 Å². The Morgan fingerprint density at radius 1 is 0.529 bits per heavy atom. The van der Waals surface area contributed by atoms with Crippen LogP contribution in [0.5, 0.6) is 0 Å². The van der Waals surface area contributed by atoms with Gasteiger partial charge in [0.25, 0.3) is 0 Å². The fourth-order valence-electron chi connectivity index (χ4n) is 5.54. The molecule has 0 aliphatic rings. The van der Waals surface area contributed by atoms with Gasteiger partial charge in [-0.1, -0.05) is 54.6 Å². The Morgan fingerprint density at radius 3 is 2.18 bits per heavy atom. The molecule has 0 spiro atoms. The SMILES string of the molecule is c1ccc(-n2c3ccccc3c3ccc4c5ncccc5c5nc6ccccc6n5c4c32)cc1. The van der Waals surface area contributed by atoms with Crippen LogP contribution in [0, 0.1) is 0 Å². The van der Waals surface area contributed by atoms with E-state index in [1.165, 1.54) is 21.8 Å². The number of hydrogen-bond acceptors (Lipinski definition) is 2. The van der Waals surface area contributed by atoms with E-state index in [4.69, 9.17) is 9.97 Å². The first-order chi connectivity index (χ1) is 16.9. The number of nitrogens with zero attached hydrogens (tertiary/aromatic N) is 4. The molecule has 4 nitrogen and oxygen atoms in total. The van der Waals surface area contributed by atoms with Crippen molar-refractivity contribution in [3.63, 3.8) is 0 Å². The summed E-state index contributed by atoms with van der Waals surface area (Å²) in [5.74, 6) is 0. The summed E-state index contributed by atoms with van der Waals surface area (Å²) >= 11 is 0. The van der Waals surface area contributed by atoms with Gasteiger partial charge in [0.1, 0.15) is 5.65 Å². The summed E-state index contributed by atoms with van der Waals surface area (Å²) in [4.78, 5) is 9.90. The summed E-state index contributed by atoms with van der Waals surface area (Å²) in [6.45, 7) is 0. The van der Waals surface area contributed by atoms with Gasteiger partial charge in [-0.05, 0) is 48.5 Å². The van der Waals surface area contributed by atoms with Crippen LogP contribution in [-0.4, -0.2) is 18.9 Å². The highest BCUT2D eigenvalue weighted by Crippen LogP contribution is 2.40. The molecule has 4 heterocycles. The van der Waals surface area contributed by atoms with Gasteiger partial charge in [0.05, 0.1) is 33.1 Å². The third-order valence-electron chi connectivity index (χ3n) is 6.91. The van der Waals surface area contributed by atoms with Crippen LogP contribution in [0.1, 0.15) is 0 Å². The number of para-hydroxylation sites is 4. The summed E-state index contributed by atoms with van der Waals surface area (Å²) in [6, 6.07) is 36.2. The molecule has 4 aromatic heterocycles. The van der Waals surface area contributed by atoms with Crippen LogP contribution in [0.3, 0.4) is 0 Å². The van der Waals surface area contributed by atoms with E-state index < -0.39 is 0 Å². The summed E-state index contributed by atoms with van der Waals surface area (Å²) in [5.41, 5.74) is 8.64. The topological polar surface area (TPSA) is 35.1 Å². The highest BCUT2D eigenvalue weighted by Gasteiger charge is 2.20. The molecule has 0 aliphatic carbocycles. The van der Waals surface area contributed by atoms with Gasteiger partial charge in [0, 0.05) is 33.4 Å². The van der Waals surface area contributed by atoms with Crippen molar-refractivity contribution < 1.29 is 0 Å². The smallest absolute Gasteiger partial charge is 0.148 e. The van der Waals surface area contributed by atoms with Crippen LogP contribution in [0.15, 0.2) is 109 Å². The molecular weight excluding hydrogens is 416 g/mol. The lowest BCUT2D eigenvalue weighted by Crippen LogP contribution is -1.98. The first-order valence-electron chi connectivity index (χ1n) is 11.5. The Hall–Kier alpha value is -4.70. The number of imidazole rings is 1. The molecule has 158 valence electrons. The summed E-state index contributed by atoms with van der Waals surface area (Å²) in [6.07, 6.45) is 1.87. The van der Waals surface area contributed by atoms with Crippen LogP contribution in [-0.2, 0) is 0 Å². The van der Waals surface area contributed by atoms with Crippen LogP contribution >= 0.6 is 0 Å². The molecule has 0 saturated heterocycles. The minimum absolute atomic E-state index is 0.939. The lowest BCUT2D eigenvalue weighted by atomic mass is 10.1. The molecule has 0 radical (unpaired) electrons. The van der Waals surface area contributed by atoms with E-state index in [0.29, 0.717) is 0 Å². The second-order valence-corrected chi connectivity index (χ2v) is 8.71. The Bertz CT molecular complexity index is 2060. The highest BCUT2D eigenvalue weighted by molar-refractivity contribution is 6.23. The van der Waals surface area contributed by atoms with Crippen LogP contribution < -0.4 is 0 Å². The van der Waals surface area contributed by atoms with Crippen molar-refractivity contribution in [1.82, 2.24) is 18.9 Å². The van der Waals surface area contributed by atoms with Crippen molar-refractivity contribution in [3.05, 3.63) is 109 Å². The molecule has 0 amide bonds. The van der Waals surface area contributed by atoms with Crippen LogP contribution in [0.2, 0.25) is 0 Å². The average molecular weight is 435 g/mol. The number of pyridine rings is 2. The zero-order valence-corrected chi connectivity index (χ0v) is 18.2. The molecule has 8 rings (SSSR count). The molecular formula is C30H18N4. The monoisotopic (exact) mass is 434 g/mol. The van der Waals surface area contributed by atoms with Gasteiger partial charge < -0.3 is 4.57 Å². The van der Waals surface area contributed by atoms with E-state index in [1.807, 2.05) is 18.3 Å². The van der Waals surface area contributed by atoms with Crippen molar-refractivity contribution >= 4 is 60.3 Å². The minimum atomic E-state index is 0.939. The minimum Gasteiger partial charge on any atom is -0.307 e. The van der Waals surface area contributed by atoms with E-state index in [-0.39, 0.29) is 0 Å². The van der Waals surface area contributed by atoms with E-state index in [9.17, 15) is 0 Å². The van der Waals surface area contributed by atoms with Crippen molar-refractivity contribution in [2.75, 3.05) is 0 Å². The standard InChI is InChI=1S/C30H18N4/c1-2-9-19(10-3-1)33-25-14-6-4-11-20(25)21-16-17-22-27-23(12-8-18-31-27)30-32-24-13-5-7-15-26(24)34(30)29(22)28(21)33/h1-18H. The summed E-state index contributed by atoms with van der Waals surface area (Å²) < 4.78 is 4.71. The van der Waals surface area contributed by atoms with Crippen molar-refractivity contribution in [3.8, 4) is 5.69 Å². The normalized spacial score (nSPS) is 12.1.